The first kappa shape index (κ1) is 12.1. The Morgan fingerprint density at radius 1 is 1.25 bits per heavy atom. The van der Waals surface area contributed by atoms with Gasteiger partial charge >= 0.3 is 0 Å². The van der Waals surface area contributed by atoms with Crippen molar-refractivity contribution in [3.63, 3.8) is 0 Å². The highest BCUT2D eigenvalue weighted by atomic mass is 28.3. The molecule has 74 valence electrons. The van der Waals surface area contributed by atoms with Crippen LogP contribution in [0, 0.1) is 5.41 Å². The van der Waals surface area contributed by atoms with E-state index in [-0.39, 0.29) is 5.41 Å². The molecular weight excluding hydrogens is 168 g/mol. The van der Waals surface area contributed by atoms with Crippen molar-refractivity contribution < 1.29 is 9.53 Å². The molecule has 1 N–H and O–H groups in total. The van der Waals surface area contributed by atoms with Crippen molar-refractivity contribution in [2.24, 2.45) is 5.41 Å². The second kappa shape index (κ2) is 3.90. The standard InChI is InChI=1S/C9H22O2Si/c1-7-9(10,8(2,3)4)11-12(5)6/h10,12H,7H2,1-6H3. The smallest absolute Gasteiger partial charge is 0.174 e. The number of rotatable bonds is 3. The summed E-state index contributed by atoms with van der Waals surface area (Å²) >= 11 is 0. The van der Waals surface area contributed by atoms with Gasteiger partial charge < -0.3 is 9.53 Å². The highest BCUT2D eigenvalue weighted by molar-refractivity contribution is 6.48. The topological polar surface area (TPSA) is 29.5 Å². The lowest BCUT2D eigenvalue weighted by atomic mass is 9.84. The minimum absolute atomic E-state index is 0.195. The molecule has 0 amide bonds. The molecule has 1 unspecified atom stereocenters. The molecular formula is C9H22O2Si. The summed E-state index contributed by atoms with van der Waals surface area (Å²) in [5, 5.41) is 10.1. The van der Waals surface area contributed by atoms with Gasteiger partial charge in [-0.3, -0.25) is 0 Å². The van der Waals surface area contributed by atoms with Crippen LogP contribution in [0.5, 0.6) is 0 Å². The van der Waals surface area contributed by atoms with E-state index < -0.39 is 14.8 Å². The molecule has 0 aliphatic rings. The molecule has 0 aliphatic carbocycles. The summed E-state index contributed by atoms with van der Waals surface area (Å²) < 4.78 is 5.65. The van der Waals surface area contributed by atoms with Crippen LogP contribution in [0.25, 0.3) is 0 Å². The Hall–Kier alpha value is 0.137. The first-order chi connectivity index (χ1) is 5.23. The number of aliphatic hydroxyl groups is 1. The van der Waals surface area contributed by atoms with Crippen LogP contribution in [0.15, 0.2) is 0 Å². The van der Waals surface area contributed by atoms with Crippen molar-refractivity contribution in [2.75, 3.05) is 0 Å². The van der Waals surface area contributed by atoms with Crippen molar-refractivity contribution in [3.05, 3.63) is 0 Å². The highest BCUT2D eigenvalue weighted by Gasteiger charge is 2.39. The Balaban J connectivity index is 4.46. The largest absolute Gasteiger partial charge is 0.394 e. The van der Waals surface area contributed by atoms with Gasteiger partial charge in [0.1, 0.15) is 0 Å². The molecule has 2 nitrogen and oxygen atoms in total. The van der Waals surface area contributed by atoms with Crippen LogP contribution in [-0.2, 0) is 4.43 Å². The normalized spacial score (nSPS) is 18.0. The van der Waals surface area contributed by atoms with Crippen LogP contribution >= 0.6 is 0 Å². The Labute approximate surface area is 77.7 Å². The van der Waals surface area contributed by atoms with E-state index in [2.05, 4.69) is 13.1 Å². The summed E-state index contributed by atoms with van der Waals surface area (Å²) in [4.78, 5) is 0. The van der Waals surface area contributed by atoms with E-state index in [1.54, 1.807) is 0 Å². The number of hydrogen-bond acceptors (Lipinski definition) is 2. The maximum atomic E-state index is 10.1. The molecule has 0 aromatic carbocycles. The van der Waals surface area contributed by atoms with Crippen molar-refractivity contribution in [1.29, 1.82) is 0 Å². The van der Waals surface area contributed by atoms with Crippen LogP contribution in [0.1, 0.15) is 34.1 Å². The third kappa shape index (κ3) is 2.88. The van der Waals surface area contributed by atoms with E-state index in [9.17, 15) is 5.11 Å². The summed E-state index contributed by atoms with van der Waals surface area (Å²) in [6.07, 6.45) is 0.654. The van der Waals surface area contributed by atoms with Crippen molar-refractivity contribution in [1.82, 2.24) is 0 Å². The minimum Gasteiger partial charge on any atom is -0.394 e. The predicted octanol–water partition coefficient (Wildman–Crippen LogP) is 2.13. The van der Waals surface area contributed by atoms with Crippen LogP contribution in [-0.4, -0.2) is 19.9 Å². The van der Waals surface area contributed by atoms with E-state index in [1.807, 2.05) is 27.7 Å². The zero-order chi connectivity index (χ0) is 9.99. The van der Waals surface area contributed by atoms with Crippen molar-refractivity contribution >= 4 is 9.04 Å². The zero-order valence-corrected chi connectivity index (χ0v) is 10.3. The summed E-state index contributed by atoms with van der Waals surface area (Å²) in [6, 6.07) is 0. The molecule has 0 heterocycles. The fourth-order valence-corrected chi connectivity index (χ4v) is 2.48. The lowest BCUT2D eigenvalue weighted by Crippen LogP contribution is -2.47. The monoisotopic (exact) mass is 190 g/mol. The van der Waals surface area contributed by atoms with E-state index >= 15 is 0 Å². The average molecular weight is 190 g/mol. The summed E-state index contributed by atoms with van der Waals surface area (Å²) in [5.41, 5.74) is -0.195. The molecule has 0 aromatic heterocycles. The first-order valence-electron chi connectivity index (χ1n) is 4.63. The zero-order valence-electron chi connectivity index (χ0n) is 9.14. The molecule has 0 aliphatic heterocycles. The summed E-state index contributed by atoms with van der Waals surface area (Å²) in [7, 11) is -1.16. The van der Waals surface area contributed by atoms with Crippen LogP contribution < -0.4 is 0 Å². The van der Waals surface area contributed by atoms with Gasteiger partial charge in [-0.2, -0.15) is 0 Å². The first-order valence-corrected chi connectivity index (χ1v) is 7.41. The van der Waals surface area contributed by atoms with Gasteiger partial charge in [0.25, 0.3) is 0 Å². The van der Waals surface area contributed by atoms with Gasteiger partial charge in [-0.05, 0) is 19.5 Å². The SMILES string of the molecule is CCC(O)(O[SiH](C)C)C(C)(C)C. The molecule has 0 aromatic rings. The van der Waals surface area contributed by atoms with Crippen LogP contribution in [0.3, 0.4) is 0 Å². The molecule has 12 heavy (non-hydrogen) atoms. The maximum absolute atomic E-state index is 10.1. The molecule has 0 spiro atoms. The van der Waals surface area contributed by atoms with Gasteiger partial charge in [-0.15, -0.1) is 0 Å². The second-order valence-electron chi connectivity index (χ2n) is 4.55. The van der Waals surface area contributed by atoms with Gasteiger partial charge in [0, 0.05) is 5.41 Å². The van der Waals surface area contributed by atoms with Crippen LogP contribution in [0.2, 0.25) is 13.1 Å². The molecule has 3 heteroatoms. The van der Waals surface area contributed by atoms with Gasteiger partial charge in [-0.1, -0.05) is 27.7 Å². The third-order valence-corrected chi connectivity index (χ3v) is 2.94. The van der Waals surface area contributed by atoms with E-state index in [0.717, 1.165) is 0 Å². The highest BCUT2D eigenvalue weighted by Crippen LogP contribution is 2.34. The molecule has 0 rings (SSSR count). The second-order valence-corrected chi connectivity index (χ2v) is 6.89. The third-order valence-electron chi connectivity index (χ3n) is 2.08. The Morgan fingerprint density at radius 3 is 1.75 bits per heavy atom. The minimum atomic E-state index is -1.16. The average Bonchev–Trinajstić information content (AvgIpc) is 1.83. The number of hydrogen-bond donors (Lipinski definition) is 1. The van der Waals surface area contributed by atoms with Gasteiger partial charge in [0.2, 0.25) is 0 Å². The Morgan fingerprint density at radius 2 is 1.67 bits per heavy atom. The molecule has 0 fully saturated rings. The lowest BCUT2D eigenvalue weighted by Gasteiger charge is -2.40. The Bertz CT molecular complexity index is 140. The van der Waals surface area contributed by atoms with E-state index in [1.165, 1.54) is 0 Å². The van der Waals surface area contributed by atoms with Crippen molar-refractivity contribution in [3.8, 4) is 0 Å². The maximum Gasteiger partial charge on any atom is 0.174 e. The lowest BCUT2D eigenvalue weighted by molar-refractivity contribution is -0.211. The predicted molar refractivity (Wildman–Crippen MR) is 54.7 cm³/mol. The quantitative estimate of drug-likeness (QED) is 0.546. The summed E-state index contributed by atoms with van der Waals surface area (Å²) in [5.74, 6) is -0.937. The Kier molecular flexibility index (Phi) is 3.94. The molecule has 0 saturated carbocycles. The van der Waals surface area contributed by atoms with Crippen molar-refractivity contribution in [2.45, 2.75) is 53.0 Å². The van der Waals surface area contributed by atoms with Gasteiger partial charge in [-0.25, -0.2) is 0 Å². The fourth-order valence-electron chi connectivity index (χ4n) is 1.18. The van der Waals surface area contributed by atoms with Gasteiger partial charge in [0.05, 0.1) is 0 Å². The van der Waals surface area contributed by atoms with Crippen LogP contribution in [0.4, 0.5) is 0 Å². The molecule has 0 bridgehead atoms. The molecule has 0 radical (unpaired) electrons. The van der Waals surface area contributed by atoms with E-state index in [0.29, 0.717) is 6.42 Å². The molecule has 1 atom stereocenters. The fraction of sp³-hybridized carbons (Fsp3) is 1.00. The molecule has 0 saturated heterocycles. The summed E-state index contributed by atoms with van der Waals surface area (Å²) in [6.45, 7) is 12.1. The van der Waals surface area contributed by atoms with E-state index in [4.69, 9.17) is 4.43 Å². The van der Waals surface area contributed by atoms with Gasteiger partial charge in [0.15, 0.2) is 14.8 Å².